The zero-order chi connectivity index (χ0) is 22.1. The van der Waals surface area contributed by atoms with E-state index in [4.69, 9.17) is 31.2 Å². The Morgan fingerprint density at radius 3 is 2.23 bits per heavy atom. The van der Waals surface area contributed by atoms with E-state index in [0.717, 1.165) is 10.9 Å². The van der Waals surface area contributed by atoms with Gasteiger partial charge in [-0.25, -0.2) is 9.13 Å². The minimum Gasteiger partial charge on any atom is -0.402 e. The van der Waals surface area contributed by atoms with Crippen molar-refractivity contribution in [1.29, 1.82) is 0 Å². The SMILES string of the molecule is O=P(O)(O)Oc1c[nH]c2ccc(Br)c(Cl)c12.O=P(O)(O)Oc1cc2ccccc2[nH]1. The highest BCUT2D eigenvalue weighted by molar-refractivity contribution is 9.10. The molecule has 0 spiro atoms. The van der Waals surface area contributed by atoms with Crippen LogP contribution in [-0.4, -0.2) is 29.5 Å². The molecule has 0 fully saturated rings. The van der Waals surface area contributed by atoms with E-state index in [-0.39, 0.29) is 11.6 Å². The van der Waals surface area contributed by atoms with E-state index in [9.17, 15) is 9.13 Å². The first-order valence-electron chi connectivity index (χ1n) is 7.96. The molecule has 0 aliphatic heterocycles. The van der Waals surface area contributed by atoms with Crippen LogP contribution in [0.15, 0.2) is 53.1 Å². The van der Waals surface area contributed by atoms with Crippen LogP contribution in [0.4, 0.5) is 0 Å². The summed E-state index contributed by atoms with van der Waals surface area (Å²) in [5, 5.41) is 1.61. The summed E-state index contributed by atoms with van der Waals surface area (Å²) in [6.07, 6.45) is 1.35. The first-order valence-corrected chi connectivity index (χ1v) is 12.2. The van der Waals surface area contributed by atoms with Crippen LogP contribution in [0, 0.1) is 0 Å². The number of hydrogen-bond donors (Lipinski definition) is 6. The van der Waals surface area contributed by atoms with Crippen molar-refractivity contribution in [2.75, 3.05) is 0 Å². The molecule has 2 heterocycles. The van der Waals surface area contributed by atoms with Crippen LogP contribution < -0.4 is 9.05 Å². The molecular formula is C16H14BrClN2O8P2. The number of benzene rings is 2. The molecule has 0 unspecified atom stereocenters. The predicted molar refractivity (Wildman–Crippen MR) is 115 cm³/mol. The van der Waals surface area contributed by atoms with Crippen molar-refractivity contribution >= 4 is 65.0 Å². The molecule has 6 N–H and O–H groups in total. The van der Waals surface area contributed by atoms with Crippen molar-refractivity contribution in [3.8, 4) is 11.6 Å². The summed E-state index contributed by atoms with van der Waals surface area (Å²) in [5.41, 5.74) is 1.41. The van der Waals surface area contributed by atoms with Gasteiger partial charge >= 0.3 is 15.6 Å². The van der Waals surface area contributed by atoms with Gasteiger partial charge in [0, 0.05) is 27.6 Å². The van der Waals surface area contributed by atoms with Gasteiger partial charge in [-0.2, -0.15) is 0 Å². The summed E-state index contributed by atoms with van der Waals surface area (Å²) in [5.74, 6) is 0.0918. The van der Waals surface area contributed by atoms with Crippen molar-refractivity contribution in [2.24, 2.45) is 0 Å². The lowest BCUT2D eigenvalue weighted by molar-refractivity contribution is 0.279. The number of phosphoric ester groups is 2. The number of para-hydroxylation sites is 1. The van der Waals surface area contributed by atoms with Gasteiger partial charge in [0.25, 0.3) is 0 Å². The van der Waals surface area contributed by atoms with Crippen LogP contribution in [0.2, 0.25) is 5.02 Å². The Balaban J connectivity index is 0.000000172. The molecular weight excluding hydrogens is 525 g/mol. The molecule has 2 aromatic heterocycles. The lowest BCUT2D eigenvalue weighted by atomic mass is 10.2. The van der Waals surface area contributed by atoms with E-state index in [1.807, 2.05) is 18.2 Å². The molecule has 0 bridgehead atoms. The molecule has 10 nitrogen and oxygen atoms in total. The number of nitrogens with one attached hydrogen (secondary N) is 2. The second-order valence-corrected chi connectivity index (χ2v) is 9.38. The Hall–Kier alpha value is -1.81. The van der Waals surface area contributed by atoms with Gasteiger partial charge in [0.05, 0.1) is 15.9 Å². The highest BCUT2D eigenvalue weighted by Crippen LogP contribution is 2.44. The van der Waals surface area contributed by atoms with Crippen molar-refractivity contribution < 1.29 is 37.8 Å². The van der Waals surface area contributed by atoms with Crippen LogP contribution in [0.25, 0.3) is 21.8 Å². The molecule has 4 rings (SSSR count). The summed E-state index contributed by atoms with van der Waals surface area (Å²) in [4.78, 5) is 40.1. The molecule has 160 valence electrons. The number of aromatic nitrogens is 2. The van der Waals surface area contributed by atoms with Crippen LogP contribution in [0.3, 0.4) is 0 Å². The first-order chi connectivity index (χ1) is 13.9. The third-order valence-electron chi connectivity index (χ3n) is 3.64. The van der Waals surface area contributed by atoms with Crippen LogP contribution in [0.1, 0.15) is 0 Å². The first kappa shape index (κ1) is 22.9. The van der Waals surface area contributed by atoms with Gasteiger partial charge in [0.15, 0.2) is 5.75 Å². The highest BCUT2D eigenvalue weighted by Gasteiger charge is 2.20. The van der Waals surface area contributed by atoms with E-state index in [1.165, 1.54) is 12.3 Å². The van der Waals surface area contributed by atoms with Crippen LogP contribution >= 0.6 is 43.2 Å². The Morgan fingerprint density at radius 1 is 0.933 bits per heavy atom. The fraction of sp³-hybridized carbons (Fsp3) is 0. The van der Waals surface area contributed by atoms with Crippen LogP contribution in [0.5, 0.6) is 11.6 Å². The summed E-state index contributed by atoms with van der Waals surface area (Å²) in [7, 11) is -9.06. The Kier molecular flexibility index (Phi) is 6.66. The van der Waals surface area contributed by atoms with Crippen molar-refractivity contribution in [3.63, 3.8) is 0 Å². The summed E-state index contributed by atoms with van der Waals surface area (Å²) >= 11 is 9.22. The molecule has 2 aromatic carbocycles. The van der Waals surface area contributed by atoms with E-state index < -0.39 is 15.6 Å². The maximum atomic E-state index is 10.7. The standard InChI is InChI=1S/C8H6BrClNO4P.C8H8NO4P/c9-4-1-2-5-7(8(4)10)6(3-11-5)15-16(12,13)14;10-14(11,12)13-8-5-6-3-1-2-4-7(6)9-8/h1-3,11H,(H2,12,13,14);1-5,9H,(H2,10,11,12). The number of H-pyrrole nitrogens is 2. The fourth-order valence-electron chi connectivity index (χ4n) is 2.55. The summed E-state index contributed by atoms with van der Waals surface area (Å²) in [6.45, 7) is 0. The van der Waals surface area contributed by atoms with E-state index in [0.29, 0.717) is 20.4 Å². The lowest BCUT2D eigenvalue weighted by Gasteiger charge is -2.06. The van der Waals surface area contributed by atoms with E-state index >= 15 is 0 Å². The number of fused-ring (bicyclic) bond motifs is 2. The molecule has 4 aromatic rings. The molecule has 0 saturated heterocycles. The van der Waals surface area contributed by atoms with Gasteiger partial charge in [0.2, 0.25) is 5.88 Å². The smallest absolute Gasteiger partial charge is 0.402 e. The zero-order valence-electron chi connectivity index (χ0n) is 14.7. The molecule has 0 saturated carbocycles. The fourth-order valence-corrected chi connectivity index (χ4v) is 3.89. The summed E-state index contributed by atoms with van der Waals surface area (Å²) in [6, 6.07) is 12.2. The molecule has 30 heavy (non-hydrogen) atoms. The molecule has 0 aliphatic carbocycles. The number of halogens is 2. The van der Waals surface area contributed by atoms with Crippen molar-refractivity contribution in [2.45, 2.75) is 0 Å². The molecule has 0 atom stereocenters. The van der Waals surface area contributed by atoms with Gasteiger partial charge in [0.1, 0.15) is 0 Å². The van der Waals surface area contributed by atoms with Gasteiger partial charge in [-0.3, -0.25) is 19.6 Å². The van der Waals surface area contributed by atoms with E-state index in [1.54, 1.807) is 18.2 Å². The van der Waals surface area contributed by atoms with Gasteiger partial charge < -0.3 is 19.0 Å². The van der Waals surface area contributed by atoms with Crippen molar-refractivity contribution in [1.82, 2.24) is 9.97 Å². The number of phosphoric acid groups is 2. The minimum atomic E-state index is -4.59. The lowest BCUT2D eigenvalue weighted by Crippen LogP contribution is -1.89. The normalized spacial score (nSPS) is 11.9. The zero-order valence-corrected chi connectivity index (χ0v) is 18.8. The van der Waals surface area contributed by atoms with Crippen LogP contribution in [-0.2, 0) is 9.13 Å². The Morgan fingerprint density at radius 2 is 1.60 bits per heavy atom. The highest BCUT2D eigenvalue weighted by atomic mass is 79.9. The topological polar surface area (TPSA) is 165 Å². The third-order valence-corrected chi connectivity index (χ3v) is 5.79. The quantitative estimate of drug-likeness (QED) is 0.203. The van der Waals surface area contributed by atoms with Gasteiger partial charge in [-0.1, -0.05) is 29.8 Å². The average molecular weight is 540 g/mol. The number of aromatic amines is 2. The van der Waals surface area contributed by atoms with Crippen molar-refractivity contribution in [3.05, 3.63) is 58.2 Å². The second kappa shape index (κ2) is 8.74. The van der Waals surface area contributed by atoms with Gasteiger partial charge in [-0.05, 0) is 34.1 Å². The molecule has 0 amide bonds. The second-order valence-electron chi connectivity index (χ2n) is 5.82. The number of hydrogen-bond acceptors (Lipinski definition) is 4. The Bertz CT molecular complexity index is 1260. The minimum absolute atomic E-state index is 0.0228. The molecule has 14 heteroatoms. The van der Waals surface area contributed by atoms with E-state index in [2.05, 4.69) is 34.9 Å². The predicted octanol–water partition coefficient (Wildman–Crippen LogP) is 4.69. The maximum absolute atomic E-state index is 10.7. The maximum Gasteiger partial charge on any atom is 0.525 e. The monoisotopic (exact) mass is 538 g/mol. The largest absolute Gasteiger partial charge is 0.525 e. The van der Waals surface area contributed by atoms with Gasteiger partial charge in [-0.15, -0.1) is 0 Å². The average Bonchev–Trinajstić information content (AvgIpc) is 3.19. The molecule has 0 aliphatic rings. The summed E-state index contributed by atoms with van der Waals surface area (Å²) < 4.78 is 30.8. The molecule has 0 radical (unpaired) electrons. The Labute approximate surface area is 182 Å². The number of rotatable bonds is 4. The third kappa shape index (κ3) is 5.87.